The number of amides is 3. The summed E-state index contributed by atoms with van der Waals surface area (Å²) < 4.78 is 5.44. The molecule has 3 fully saturated rings. The standard InChI is InChI=1S/C37H53N3O7/c1-35(2,3)32(39-34(46)47-36(4,5)6)33(45)40-21-25-29(37(25,7)8)30(40)27(42)19-24(18-22-14-15-22)31(44)26(41)16-17-28(43)38-20-23-12-10-9-11-13-23/h9-13,22,24-25,29-30,32H,14-21H2,1-8H3,(H,38,43)(H,39,46)/t24?,25-,29-,30+,32+/m0/s1. The van der Waals surface area contributed by atoms with E-state index in [1.165, 1.54) is 0 Å². The van der Waals surface area contributed by atoms with Crippen molar-refractivity contribution in [3.63, 3.8) is 0 Å². The Morgan fingerprint density at radius 1 is 0.957 bits per heavy atom. The summed E-state index contributed by atoms with van der Waals surface area (Å²) in [5.41, 5.74) is -0.638. The van der Waals surface area contributed by atoms with E-state index in [0.717, 1.165) is 18.4 Å². The Bertz CT molecular complexity index is 1370. The zero-order valence-electron chi connectivity index (χ0n) is 29.3. The summed E-state index contributed by atoms with van der Waals surface area (Å²) in [6.07, 6.45) is 1.18. The summed E-state index contributed by atoms with van der Waals surface area (Å²) in [5.74, 6) is -2.60. The van der Waals surface area contributed by atoms with Gasteiger partial charge in [0.15, 0.2) is 11.6 Å². The van der Waals surface area contributed by atoms with E-state index in [0.29, 0.717) is 19.5 Å². The average Bonchev–Trinajstić information content (AvgIpc) is 3.83. The predicted molar refractivity (Wildman–Crippen MR) is 177 cm³/mol. The van der Waals surface area contributed by atoms with Crippen LogP contribution in [0.2, 0.25) is 0 Å². The Labute approximate surface area is 279 Å². The number of Topliss-reactive ketones (excluding diaryl/α,β-unsaturated/α-hetero) is 3. The number of nitrogens with one attached hydrogen (secondary N) is 2. The van der Waals surface area contributed by atoms with E-state index in [1.807, 2.05) is 51.1 Å². The number of likely N-dealkylation sites (tertiary alicyclic amines) is 1. The maximum atomic E-state index is 14.2. The van der Waals surface area contributed by atoms with Gasteiger partial charge >= 0.3 is 6.09 Å². The van der Waals surface area contributed by atoms with Crippen LogP contribution < -0.4 is 10.6 Å². The minimum Gasteiger partial charge on any atom is -0.444 e. The van der Waals surface area contributed by atoms with Crippen LogP contribution in [0, 0.1) is 34.5 Å². The van der Waals surface area contributed by atoms with Crippen molar-refractivity contribution >= 4 is 35.3 Å². The molecule has 0 radical (unpaired) electrons. The summed E-state index contributed by atoms with van der Waals surface area (Å²) in [4.78, 5) is 81.6. The van der Waals surface area contributed by atoms with Crippen molar-refractivity contribution in [2.75, 3.05) is 6.54 Å². The van der Waals surface area contributed by atoms with Crippen LogP contribution in [0.5, 0.6) is 0 Å². The van der Waals surface area contributed by atoms with Crippen molar-refractivity contribution in [1.29, 1.82) is 0 Å². The quantitative estimate of drug-likeness (QED) is 0.270. The van der Waals surface area contributed by atoms with E-state index >= 15 is 0 Å². The van der Waals surface area contributed by atoms with Crippen LogP contribution in [0.25, 0.3) is 0 Å². The first-order valence-corrected chi connectivity index (χ1v) is 17.0. The summed E-state index contributed by atoms with van der Waals surface area (Å²) in [6, 6.07) is 7.72. The second-order valence-corrected chi connectivity index (χ2v) is 16.4. The molecule has 2 saturated carbocycles. The van der Waals surface area contributed by atoms with E-state index < -0.39 is 46.7 Å². The second kappa shape index (κ2) is 13.9. The molecule has 1 aromatic carbocycles. The molecule has 2 N–H and O–H groups in total. The molecular weight excluding hydrogens is 598 g/mol. The smallest absolute Gasteiger partial charge is 0.408 e. The molecule has 3 amide bonds. The Morgan fingerprint density at radius 2 is 1.60 bits per heavy atom. The zero-order valence-corrected chi connectivity index (χ0v) is 29.3. The van der Waals surface area contributed by atoms with Crippen LogP contribution in [0.3, 0.4) is 0 Å². The Morgan fingerprint density at radius 3 is 2.17 bits per heavy atom. The molecule has 0 bridgehead atoms. The van der Waals surface area contributed by atoms with Crippen LogP contribution in [-0.2, 0) is 35.3 Å². The summed E-state index contributed by atoms with van der Waals surface area (Å²) in [6.45, 7) is 15.7. The fraction of sp³-hybridized carbons (Fsp3) is 0.676. The van der Waals surface area contributed by atoms with Gasteiger partial charge in [-0.05, 0) is 61.3 Å². The van der Waals surface area contributed by atoms with Gasteiger partial charge in [0.1, 0.15) is 11.6 Å². The number of alkyl carbamates (subject to hydrolysis) is 1. The lowest BCUT2D eigenvalue weighted by Gasteiger charge is -2.38. The number of rotatable bonds is 14. The molecule has 1 heterocycles. The molecular formula is C37H53N3O7. The first kappa shape index (κ1) is 36.3. The van der Waals surface area contributed by atoms with Crippen molar-refractivity contribution in [2.45, 2.75) is 118 Å². The number of nitrogens with zero attached hydrogens (tertiary/aromatic N) is 1. The highest BCUT2D eigenvalue weighted by atomic mass is 16.6. The maximum absolute atomic E-state index is 14.2. The van der Waals surface area contributed by atoms with E-state index in [1.54, 1.807) is 25.7 Å². The van der Waals surface area contributed by atoms with Gasteiger partial charge in [-0.15, -0.1) is 0 Å². The van der Waals surface area contributed by atoms with Gasteiger partial charge in [-0.2, -0.15) is 0 Å². The molecule has 0 spiro atoms. The minimum absolute atomic E-state index is 0.0678. The first-order chi connectivity index (χ1) is 21.8. The van der Waals surface area contributed by atoms with Crippen molar-refractivity contribution < 1.29 is 33.5 Å². The average molecular weight is 652 g/mol. The summed E-state index contributed by atoms with van der Waals surface area (Å²) in [7, 11) is 0. The number of carbonyl (C=O) groups is 6. The van der Waals surface area contributed by atoms with E-state index in [-0.39, 0.29) is 60.0 Å². The van der Waals surface area contributed by atoms with Gasteiger partial charge < -0.3 is 20.3 Å². The van der Waals surface area contributed by atoms with Crippen LogP contribution in [0.15, 0.2) is 30.3 Å². The van der Waals surface area contributed by atoms with Crippen LogP contribution in [-0.4, -0.2) is 64.4 Å². The molecule has 1 saturated heterocycles. The third-order valence-electron chi connectivity index (χ3n) is 9.92. The number of carbonyl (C=O) groups excluding carboxylic acids is 6. The molecule has 4 rings (SSSR count). The van der Waals surface area contributed by atoms with Gasteiger partial charge in [0, 0.05) is 38.3 Å². The maximum Gasteiger partial charge on any atom is 0.408 e. The highest BCUT2D eigenvalue weighted by Gasteiger charge is 2.69. The Balaban J connectivity index is 1.44. The van der Waals surface area contributed by atoms with Crippen molar-refractivity contribution in [3.8, 4) is 0 Å². The zero-order chi connectivity index (χ0) is 34.9. The molecule has 1 aliphatic heterocycles. The monoisotopic (exact) mass is 651 g/mol. The molecule has 258 valence electrons. The Hall–Kier alpha value is -3.56. The molecule has 0 aromatic heterocycles. The fourth-order valence-corrected chi connectivity index (χ4v) is 6.99. The van der Waals surface area contributed by atoms with Gasteiger partial charge in [-0.25, -0.2) is 4.79 Å². The van der Waals surface area contributed by atoms with E-state index in [4.69, 9.17) is 4.74 Å². The van der Waals surface area contributed by atoms with Gasteiger partial charge in [0.25, 0.3) is 0 Å². The van der Waals surface area contributed by atoms with Gasteiger partial charge in [-0.3, -0.25) is 24.0 Å². The topological polar surface area (TPSA) is 139 Å². The molecule has 10 heteroatoms. The Kier molecular flexibility index (Phi) is 10.7. The lowest BCUT2D eigenvalue weighted by atomic mass is 9.83. The number of fused-ring (bicyclic) bond motifs is 1. The molecule has 1 aromatic rings. The van der Waals surface area contributed by atoms with Crippen LogP contribution in [0.1, 0.15) is 99.5 Å². The molecule has 1 unspecified atom stereocenters. The third kappa shape index (κ3) is 9.29. The van der Waals surface area contributed by atoms with Crippen LogP contribution >= 0.6 is 0 Å². The highest BCUT2D eigenvalue weighted by Crippen LogP contribution is 2.65. The molecule has 5 atom stereocenters. The molecule has 2 aliphatic carbocycles. The van der Waals surface area contributed by atoms with Crippen molar-refractivity contribution in [2.24, 2.45) is 34.5 Å². The van der Waals surface area contributed by atoms with Crippen molar-refractivity contribution in [3.05, 3.63) is 35.9 Å². The van der Waals surface area contributed by atoms with Crippen LogP contribution in [0.4, 0.5) is 4.79 Å². The number of piperidine rings is 1. The van der Waals surface area contributed by atoms with E-state index in [9.17, 15) is 28.8 Å². The predicted octanol–water partition coefficient (Wildman–Crippen LogP) is 5.02. The first-order valence-electron chi connectivity index (χ1n) is 17.0. The SMILES string of the molecule is CC(C)(C)OC(=O)N[C@H](C(=O)N1C[C@H]2[C@@H]([C@H]1C(=O)CC(CC1CC1)C(=O)C(=O)CCC(=O)NCc1ccccc1)C2(C)C)C(C)(C)C. The number of hydrogen-bond donors (Lipinski definition) is 2. The number of benzene rings is 1. The van der Waals surface area contributed by atoms with Gasteiger partial charge in [0.05, 0.1) is 6.04 Å². The highest BCUT2D eigenvalue weighted by molar-refractivity contribution is 6.38. The minimum atomic E-state index is -0.938. The van der Waals surface area contributed by atoms with Gasteiger partial charge in [0.2, 0.25) is 17.6 Å². The molecule has 10 nitrogen and oxygen atoms in total. The van der Waals surface area contributed by atoms with Crippen molar-refractivity contribution in [1.82, 2.24) is 15.5 Å². The second-order valence-electron chi connectivity index (χ2n) is 16.4. The normalized spacial score (nSPS) is 22.8. The lowest BCUT2D eigenvalue weighted by molar-refractivity contribution is -0.145. The fourth-order valence-electron chi connectivity index (χ4n) is 6.99. The third-order valence-corrected chi connectivity index (χ3v) is 9.92. The van der Waals surface area contributed by atoms with Gasteiger partial charge in [-0.1, -0.05) is 77.8 Å². The summed E-state index contributed by atoms with van der Waals surface area (Å²) >= 11 is 0. The molecule has 47 heavy (non-hydrogen) atoms. The summed E-state index contributed by atoms with van der Waals surface area (Å²) in [5, 5.41) is 5.54. The molecule has 3 aliphatic rings. The number of hydrogen-bond acceptors (Lipinski definition) is 7. The number of ketones is 3. The largest absolute Gasteiger partial charge is 0.444 e. The number of ether oxygens (including phenoxy) is 1. The lowest BCUT2D eigenvalue weighted by Crippen LogP contribution is -2.58. The van der Waals surface area contributed by atoms with E-state index in [2.05, 4.69) is 24.5 Å².